The first-order chi connectivity index (χ1) is 18.6. The molecule has 0 unspecified atom stereocenters. The van der Waals surface area contributed by atoms with Crippen molar-refractivity contribution in [3.8, 4) is 27.7 Å². The van der Waals surface area contributed by atoms with Crippen LogP contribution in [-0.2, 0) is 0 Å². The van der Waals surface area contributed by atoms with Crippen molar-refractivity contribution in [1.29, 1.82) is 0 Å². The molecular formula is C32H35NO4S. The van der Waals surface area contributed by atoms with E-state index in [2.05, 4.69) is 4.90 Å². The minimum atomic E-state index is -0.0435. The third-order valence-corrected chi connectivity index (χ3v) is 8.27. The number of rotatable bonds is 9. The van der Waals surface area contributed by atoms with Crippen LogP contribution in [-0.4, -0.2) is 48.6 Å². The van der Waals surface area contributed by atoms with Gasteiger partial charge in [0.05, 0.1) is 6.61 Å². The fourth-order valence-electron chi connectivity index (χ4n) is 5.06. The van der Waals surface area contributed by atoms with E-state index in [4.69, 9.17) is 9.47 Å². The number of fused-ring (bicyclic) bond motifs is 1. The summed E-state index contributed by atoms with van der Waals surface area (Å²) in [7, 11) is 0. The molecule has 1 fully saturated rings. The van der Waals surface area contributed by atoms with Gasteiger partial charge in [-0.3, -0.25) is 9.69 Å². The summed E-state index contributed by atoms with van der Waals surface area (Å²) in [6.45, 7) is 6.44. The fourth-order valence-corrected chi connectivity index (χ4v) is 6.30. The molecule has 6 heteroatoms. The van der Waals surface area contributed by atoms with Crippen molar-refractivity contribution < 1.29 is 19.4 Å². The Bertz CT molecular complexity index is 1350. The lowest BCUT2D eigenvalue weighted by Crippen LogP contribution is -2.31. The van der Waals surface area contributed by atoms with E-state index in [1.54, 1.807) is 12.1 Å². The third kappa shape index (κ3) is 6.20. The Hall–Kier alpha value is -3.35. The number of hydrogen-bond donors (Lipinski definition) is 1. The van der Waals surface area contributed by atoms with Crippen LogP contribution >= 0.6 is 11.3 Å². The summed E-state index contributed by atoms with van der Waals surface area (Å²) in [5.41, 5.74) is 2.21. The van der Waals surface area contributed by atoms with Crippen molar-refractivity contribution >= 4 is 27.2 Å². The predicted molar refractivity (Wildman–Crippen MR) is 155 cm³/mol. The number of ketones is 1. The molecule has 198 valence electrons. The molecule has 3 aromatic carbocycles. The van der Waals surface area contributed by atoms with Crippen LogP contribution in [0.15, 0.2) is 66.7 Å². The Balaban J connectivity index is 1.34. The molecule has 0 bridgehead atoms. The summed E-state index contributed by atoms with van der Waals surface area (Å²) < 4.78 is 12.5. The number of ether oxygens (including phenoxy) is 2. The third-order valence-electron chi connectivity index (χ3n) is 7.07. The maximum absolute atomic E-state index is 13.8. The van der Waals surface area contributed by atoms with Gasteiger partial charge in [-0.1, -0.05) is 19.3 Å². The number of phenols is 1. The average Bonchev–Trinajstić information content (AvgIpc) is 3.29. The molecule has 1 saturated heterocycles. The molecule has 5 rings (SSSR count). The first-order valence-electron chi connectivity index (χ1n) is 13.6. The Morgan fingerprint density at radius 1 is 0.868 bits per heavy atom. The maximum Gasteiger partial charge on any atom is 0.195 e. The number of nitrogens with zero attached hydrogens (tertiary/aromatic N) is 1. The van der Waals surface area contributed by atoms with Gasteiger partial charge in [-0.2, -0.15) is 0 Å². The van der Waals surface area contributed by atoms with E-state index in [0.717, 1.165) is 51.7 Å². The van der Waals surface area contributed by atoms with Crippen molar-refractivity contribution in [2.45, 2.75) is 39.0 Å². The summed E-state index contributed by atoms with van der Waals surface area (Å²) in [6, 6.07) is 20.5. The second-order valence-corrected chi connectivity index (χ2v) is 10.8. The van der Waals surface area contributed by atoms with E-state index in [1.807, 2.05) is 61.5 Å². The SMILES string of the molecule is CCOc1ccc(-c2sc3cc(O)ccc3c2C(=O)c2ccc(OCCN3CCCCCCC3)cc2)cc1. The highest BCUT2D eigenvalue weighted by atomic mass is 32.1. The second kappa shape index (κ2) is 12.5. The van der Waals surface area contributed by atoms with Gasteiger partial charge in [-0.05, 0) is 105 Å². The van der Waals surface area contributed by atoms with Gasteiger partial charge in [0.2, 0.25) is 0 Å². The van der Waals surface area contributed by atoms with E-state index in [-0.39, 0.29) is 11.5 Å². The first-order valence-corrected chi connectivity index (χ1v) is 14.4. The summed E-state index contributed by atoms with van der Waals surface area (Å²) in [5.74, 6) is 1.72. The van der Waals surface area contributed by atoms with E-state index in [9.17, 15) is 9.90 Å². The van der Waals surface area contributed by atoms with Crippen molar-refractivity contribution in [3.63, 3.8) is 0 Å². The minimum Gasteiger partial charge on any atom is -0.508 e. The molecule has 38 heavy (non-hydrogen) atoms. The molecule has 1 aromatic heterocycles. The summed E-state index contributed by atoms with van der Waals surface area (Å²) in [5, 5.41) is 10.9. The second-order valence-electron chi connectivity index (χ2n) is 9.76. The molecule has 1 N–H and O–H groups in total. The summed E-state index contributed by atoms with van der Waals surface area (Å²) in [6.07, 6.45) is 6.56. The highest BCUT2D eigenvalue weighted by Crippen LogP contribution is 2.41. The Kier molecular flexibility index (Phi) is 8.61. The molecule has 0 spiro atoms. The largest absolute Gasteiger partial charge is 0.508 e. The highest BCUT2D eigenvalue weighted by molar-refractivity contribution is 7.22. The topological polar surface area (TPSA) is 59.0 Å². The zero-order chi connectivity index (χ0) is 26.3. The molecule has 0 radical (unpaired) electrons. The van der Waals surface area contributed by atoms with Crippen LogP contribution in [0.5, 0.6) is 17.2 Å². The Labute approximate surface area is 228 Å². The van der Waals surface area contributed by atoms with Gasteiger partial charge in [-0.15, -0.1) is 11.3 Å². The number of thiophene rings is 1. The molecule has 0 saturated carbocycles. The van der Waals surface area contributed by atoms with Crippen molar-refractivity contribution in [3.05, 3.63) is 77.9 Å². The number of phenolic OH excluding ortho intramolecular Hbond substituents is 1. The predicted octanol–water partition coefficient (Wildman–Crippen LogP) is 7.55. The smallest absolute Gasteiger partial charge is 0.195 e. The lowest BCUT2D eigenvalue weighted by Gasteiger charge is -2.24. The first kappa shape index (κ1) is 26.3. The zero-order valence-electron chi connectivity index (χ0n) is 21.9. The number of carbonyl (C=O) groups excluding carboxylic acids is 1. The van der Waals surface area contributed by atoms with E-state index < -0.39 is 0 Å². The van der Waals surface area contributed by atoms with Crippen molar-refractivity contribution in [1.82, 2.24) is 4.90 Å². The number of aromatic hydroxyl groups is 1. The monoisotopic (exact) mass is 529 g/mol. The van der Waals surface area contributed by atoms with E-state index >= 15 is 0 Å². The highest BCUT2D eigenvalue weighted by Gasteiger charge is 2.22. The van der Waals surface area contributed by atoms with Gasteiger partial charge in [0.15, 0.2) is 5.78 Å². The Morgan fingerprint density at radius 2 is 1.53 bits per heavy atom. The molecule has 1 aliphatic heterocycles. The van der Waals surface area contributed by atoms with Crippen molar-refractivity contribution in [2.24, 2.45) is 0 Å². The Morgan fingerprint density at radius 3 is 2.24 bits per heavy atom. The van der Waals surface area contributed by atoms with Crippen LogP contribution in [0.2, 0.25) is 0 Å². The summed E-state index contributed by atoms with van der Waals surface area (Å²) >= 11 is 1.51. The van der Waals surface area contributed by atoms with Gasteiger partial charge in [0.1, 0.15) is 23.9 Å². The molecular weight excluding hydrogens is 494 g/mol. The fraction of sp³-hybridized carbons (Fsp3) is 0.344. The molecule has 2 heterocycles. The van der Waals surface area contributed by atoms with Gasteiger partial charge < -0.3 is 14.6 Å². The van der Waals surface area contributed by atoms with Crippen LogP contribution in [0.1, 0.15) is 54.9 Å². The number of hydrogen-bond acceptors (Lipinski definition) is 6. The molecule has 5 nitrogen and oxygen atoms in total. The van der Waals surface area contributed by atoms with Crippen LogP contribution < -0.4 is 9.47 Å². The minimum absolute atomic E-state index is 0.0435. The number of carbonyl (C=O) groups is 1. The average molecular weight is 530 g/mol. The zero-order valence-corrected chi connectivity index (χ0v) is 22.8. The van der Waals surface area contributed by atoms with Crippen LogP contribution in [0.3, 0.4) is 0 Å². The van der Waals surface area contributed by atoms with E-state index in [1.165, 1.54) is 43.4 Å². The standard InChI is InChI=1S/C32H35NO4S/c1-2-36-26-15-10-24(11-16-26)32-30(28-17-12-25(34)22-29(28)38-32)31(35)23-8-13-27(14-9-23)37-21-20-33-18-6-4-3-5-7-19-33/h8-17,22,34H,2-7,18-21H2,1H3. The number of benzene rings is 3. The van der Waals surface area contributed by atoms with Crippen LogP contribution in [0.4, 0.5) is 0 Å². The van der Waals surface area contributed by atoms with E-state index in [0.29, 0.717) is 24.3 Å². The maximum atomic E-state index is 13.8. The molecule has 4 aromatic rings. The van der Waals surface area contributed by atoms with Crippen LogP contribution in [0.25, 0.3) is 20.5 Å². The molecule has 0 amide bonds. The normalized spacial score (nSPS) is 14.7. The van der Waals surface area contributed by atoms with Gasteiger partial charge in [0, 0.05) is 32.6 Å². The van der Waals surface area contributed by atoms with Crippen LogP contribution in [0, 0.1) is 0 Å². The molecule has 1 aliphatic rings. The summed E-state index contributed by atoms with van der Waals surface area (Å²) in [4.78, 5) is 17.2. The lowest BCUT2D eigenvalue weighted by atomic mass is 9.97. The van der Waals surface area contributed by atoms with Gasteiger partial charge in [0.25, 0.3) is 0 Å². The molecule has 0 atom stereocenters. The lowest BCUT2D eigenvalue weighted by molar-refractivity contribution is 0.104. The van der Waals surface area contributed by atoms with Gasteiger partial charge in [-0.25, -0.2) is 0 Å². The van der Waals surface area contributed by atoms with Gasteiger partial charge >= 0.3 is 0 Å². The van der Waals surface area contributed by atoms with Crippen molar-refractivity contribution in [2.75, 3.05) is 32.8 Å². The molecule has 0 aliphatic carbocycles. The quantitative estimate of drug-likeness (QED) is 0.227. The number of likely N-dealkylation sites (tertiary alicyclic amines) is 1.